The summed E-state index contributed by atoms with van der Waals surface area (Å²) in [6, 6.07) is 5.03. The molecule has 2 aliphatic rings. The molecule has 0 saturated carbocycles. The fourth-order valence-electron chi connectivity index (χ4n) is 3.93. The summed E-state index contributed by atoms with van der Waals surface area (Å²) in [7, 11) is 1.81. The number of morpholine rings is 1. The third-order valence-electron chi connectivity index (χ3n) is 5.62. The number of likely N-dealkylation sites (tertiary alicyclic amines) is 1. The number of carbonyl (C=O) groups is 1. The van der Waals surface area contributed by atoms with Gasteiger partial charge in [-0.05, 0) is 38.8 Å². The molecule has 176 valence electrons. The van der Waals surface area contributed by atoms with Crippen molar-refractivity contribution < 1.29 is 14.3 Å². The summed E-state index contributed by atoms with van der Waals surface area (Å²) in [6.07, 6.45) is 1.56. The summed E-state index contributed by atoms with van der Waals surface area (Å²) in [5.41, 5.74) is 0. The van der Waals surface area contributed by atoms with Crippen molar-refractivity contribution in [1.82, 2.24) is 20.4 Å². The molecule has 1 aromatic heterocycles. The number of nitrogens with zero attached hydrogens (tertiary/aromatic N) is 3. The largest absolute Gasteiger partial charge is 0.450 e. The highest BCUT2D eigenvalue weighted by molar-refractivity contribution is 14.0. The van der Waals surface area contributed by atoms with Gasteiger partial charge in [0.25, 0.3) is 0 Å². The minimum Gasteiger partial charge on any atom is -0.450 e. The summed E-state index contributed by atoms with van der Waals surface area (Å²) in [5, 5.41) is 7.07. The smallest absolute Gasteiger partial charge is 0.409 e. The van der Waals surface area contributed by atoms with E-state index in [2.05, 4.69) is 39.6 Å². The Hall–Kier alpha value is -1.11. The van der Waals surface area contributed by atoms with Crippen molar-refractivity contribution in [3.05, 3.63) is 21.9 Å². The van der Waals surface area contributed by atoms with Gasteiger partial charge in [-0.3, -0.25) is 9.89 Å². The highest BCUT2D eigenvalue weighted by Gasteiger charge is 2.26. The Kier molecular flexibility index (Phi) is 11.3. The van der Waals surface area contributed by atoms with Crippen molar-refractivity contribution >= 4 is 47.4 Å². The molecule has 0 bridgehead atoms. The number of piperidine rings is 1. The monoisotopic (exact) mass is 565 g/mol. The van der Waals surface area contributed by atoms with Crippen LogP contribution in [0.2, 0.25) is 0 Å². The number of nitrogens with one attached hydrogen (secondary N) is 2. The average Bonchev–Trinajstić information content (AvgIpc) is 3.20. The molecule has 2 saturated heterocycles. The third kappa shape index (κ3) is 7.76. The van der Waals surface area contributed by atoms with Crippen LogP contribution in [0.15, 0.2) is 17.1 Å². The van der Waals surface area contributed by atoms with Gasteiger partial charge < -0.3 is 25.0 Å². The summed E-state index contributed by atoms with van der Waals surface area (Å²) >= 11 is 1.86. The van der Waals surface area contributed by atoms with E-state index in [9.17, 15) is 4.79 Å². The van der Waals surface area contributed by atoms with E-state index in [-0.39, 0.29) is 30.1 Å². The maximum atomic E-state index is 11.9. The number of carbonyl (C=O) groups excluding carboxylic acids is 1. The number of aryl methyl sites for hydroxylation is 1. The van der Waals surface area contributed by atoms with Crippen LogP contribution in [0.5, 0.6) is 0 Å². The first-order valence-electron chi connectivity index (χ1n) is 10.9. The Bertz CT molecular complexity index is 703. The highest BCUT2D eigenvalue weighted by atomic mass is 127. The second-order valence-corrected chi connectivity index (χ2v) is 8.99. The molecule has 0 aromatic carbocycles. The Labute approximate surface area is 206 Å². The van der Waals surface area contributed by atoms with Crippen LogP contribution in [0.3, 0.4) is 0 Å². The molecule has 3 heterocycles. The second kappa shape index (κ2) is 13.4. The Balaban J connectivity index is 0.00000341. The summed E-state index contributed by atoms with van der Waals surface area (Å²) in [6.45, 7) is 10.1. The van der Waals surface area contributed by atoms with E-state index in [1.807, 2.05) is 25.3 Å². The van der Waals surface area contributed by atoms with Crippen LogP contribution in [0.25, 0.3) is 0 Å². The first-order chi connectivity index (χ1) is 14.6. The zero-order chi connectivity index (χ0) is 21.3. The molecular formula is C21H36IN5O3S. The predicted octanol–water partition coefficient (Wildman–Crippen LogP) is 2.83. The summed E-state index contributed by atoms with van der Waals surface area (Å²) < 4.78 is 10.7. The van der Waals surface area contributed by atoms with Crippen molar-refractivity contribution in [2.24, 2.45) is 4.99 Å². The maximum absolute atomic E-state index is 11.9. The Morgan fingerprint density at radius 2 is 2.00 bits per heavy atom. The molecule has 1 atom stereocenters. The lowest BCUT2D eigenvalue weighted by atomic mass is 10.1. The van der Waals surface area contributed by atoms with Crippen LogP contribution in [0.4, 0.5) is 4.79 Å². The zero-order valence-corrected chi connectivity index (χ0v) is 21.9. The number of guanidine groups is 1. The fourth-order valence-corrected chi connectivity index (χ4v) is 4.95. The Morgan fingerprint density at radius 3 is 2.58 bits per heavy atom. The lowest BCUT2D eigenvalue weighted by Gasteiger charge is -2.35. The van der Waals surface area contributed by atoms with E-state index in [1.165, 1.54) is 9.75 Å². The topological polar surface area (TPSA) is 78.4 Å². The number of amides is 1. The summed E-state index contributed by atoms with van der Waals surface area (Å²) in [5.74, 6) is 0.816. The first-order valence-corrected chi connectivity index (χ1v) is 11.7. The van der Waals surface area contributed by atoms with Crippen LogP contribution in [-0.4, -0.2) is 87.5 Å². The normalized spacial score (nSPS) is 19.5. The maximum Gasteiger partial charge on any atom is 0.409 e. The van der Waals surface area contributed by atoms with Crippen LogP contribution in [0.1, 0.15) is 35.6 Å². The molecule has 10 heteroatoms. The van der Waals surface area contributed by atoms with E-state index in [1.54, 1.807) is 4.90 Å². The molecule has 2 N–H and O–H groups in total. The SMILES string of the molecule is CCOC(=O)N1CCC(NC(=NC)NCC(c2ccc(C)s2)N2CCOCC2)CC1.I. The van der Waals surface area contributed by atoms with Gasteiger partial charge in [0.2, 0.25) is 0 Å². The number of thiophene rings is 1. The molecule has 3 rings (SSSR count). The average molecular weight is 566 g/mol. The van der Waals surface area contributed by atoms with Crippen molar-refractivity contribution in [3.8, 4) is 0 Å². The second-order valence-electron chi connectivity index (χ2n) is 7.67. The Morgan fingerprint density at radius 1 is 1.29 bits per heavy atom. The van der Waals surface area contributed by atoms with Crippen molar-refractivity contribution in [1.29, 1.82) is 0 Å². The number of hydrogen-bond donors (Lipinski definition) is 2. The molecule has 1 amide bonds. The molecule has 8 nitrogen and oxygen atoms in total. The molecule has 0 radical (unpaired) electrons. The molecule has 1 aromatic rings. The summed E-state index contributed by atoms with van der Waals surface area (Å²) in [4.78, 5) is 23.3. The predicted molar refractivity (Wildman–Crippen MR) is 136 cm³/mol. The van der Waals surface area contributed by atoms with E-state index >= 15 is 0 Å². The molecular weight excluding hydrogens is 529 g/mol. The third-order valence-corrected chi connectivity index (χ3v) is 6.73. The molecule has 2 fully saturated rings. The van der Waals surface area contributed by atoms with Crippen LogP contribution >= 0.6 is 35.3 Å². The van der Waals surface area contributed by atoms with Gasteiger partial charge in [-0.15, -0.1) is 35.3 Å². The number of rotatable bonds is 6. The lowest BCUT2D eigenvalue weighted by Crippen LogP contribution is -2.51. The number of ether oxygens (including phenoxy) is 2. The van der Waals surface area contributed by atoms with Gasteiger partial charge in [0.1, 0.15) is 0 Å². The van der Waals surface area contributed by atoms with Gasteiger partial charge >= 0.3 is 6.09 Å². The van der Waals surface area contributed by atoms with Gasteiger partial charge in [0.15, 0.2) is 5.96 Å². The van der Waals surface area contributed by atoms with Crippen LogP contribution < -0.4 is 10.6 Å². The standard InChI is InChI=1S/C21H35N5O3S.HI/c1-4-29-21(27)26-9-7-17(8-10-26)24-20(22-3)23-15-18(19-6-5-16(2)30-19)25-11-13-28-14-12-25;/h5-6,17-18H,4,7-15H2,1-3H3,(H2,22,23,24);1H. The molecule has 0 aliphatic carbocycles. The highest BCUT2D eigenvalue weighted by Crippen LogP contribution is 2.28. The van der Waals surface area contributed by atoms with Crippen LogP contribution in [0, 0.1) is 6.92 Å². The minimum absolute atomic E-state index is 0. The number of halogens is 1. The van der Waals surface area contributed by atoms with Gasteiger partial charge in [0, 0.05) is 55.6 Å². The van der Waals surface area contributed by atoms with E-state index in [0.717, 1.165) is 51.6 Å². The number of aliphatic imine (C=N–C) groups is 1. The minimum atomic E-state index is -0.210. The molecule has 1 unspecified atom stereocenters. The van der Waals surface area contributed by atoms with Gasteiger partial charge in [0.05, 0.1) is 25.9 Å². The lowest BCUT2D eigenvalue weighted by molar-refractivity contribution is 0.0177. The molecule has 31 heavy (non-hydrogen) atoms. The zero-order valence-electron chi connectivity index (χ0n) is 18.8. The van der Waals surface area contributed by atoms with E-state index in [0.29, 0.717) is 31.8 Å². The number of hydrogen-bond acceptors (Lipinski definition) is 6. The quantitative estimate of drug-likeness (QED) is 0.314. The van der Waals surface area contributed by atoms with Gasteiger partial charge in [-0.2, -0.15) is 0 Å². The van der Waals surface area contributed by atoms with Crippen molar-refractivity contribution in [3.63, 3.8) is 0 Å². The van der Waals surface area contributed by atoms with Crippen molar-refractivity contribution in [2.75, 3.05) is 59.6 Å². The van der Waals surface area contributed by atoms with E-state index < -0.39 is 0 Å². The van der Waals surface area contributed by atoms with Gasteiger partial charge in [-0.25, -0.2) is 4.79 Å². The van der Waals surface area contributed by atoms with Crippen molar-refractivity contribution in [2.45, 2.75) is 38.8 Å². The molecule has 2 aliphatic heterocycles. The first kappa shape index (κ1) is 26.1. The van der Waals surface area contributed by atoms with E-state index in [4.69, 9.17) is 9.47 Å². The van der Waals surface area contributed by atoms with Gasteiger partial charge in [-0.1, -0.05) is 0 Å². The van der Waals surface area contributed by atoms with Crippen LogP contribution in [-0.2, 0) is 9.47 Å². The fraction of sp³-hybridized carbons (Fsp3) is 0.714. The molecule has 0 spiro atoms.